The summed E-state index contributed by atoms with van der Waals surface area (Å²) in [5.74, 6) is -0.873. The SMILES string of the molecule is CC[Si](CC)(CC)OC(CNCCO)c1ccc(F)c(N(C(=O)OC(C)(C)C)S(C)(=O)=O)c1. The Labute approximate surface area is 198 Å². The number of sulfonamides is 1. The Hall–Kier alpha value is -1.53. The zero-order chi connectivity index (χ0) is 25.4. The second-order valence-electron chi connectivity index (χ2n) is 9.00. The number of hydrogen-bond acceptors (Lipinski definition) is 7. The van der Waals surface area contributed by atoms with Crippen molar-refractivity contribution in [1.82, 2.24) is 5.32 Å². The van der Waals surface area contributed by atoms with Crippen molar-refractivity contribution in [3.63, 3.8) is 0 Å². The minimum atomic E-state index is -4.19. The molecule has 0 aliphatic heterocycles. The fraction of sp³-hybridized carbons (Fsp3) is 0.682. The standard InChI is InChI=1S/C22H39FN2O6SSi/c1-8-33(9-2,10-3)31-20(16-24-13-14-26)17-11-12-18(23)19(15-17)25(32(7,28)29)21(27)30-22(4,5)6/h11-12,15,20,24,26H,8-10,13-14,16H2,1-7H3. The molecule has 190 valence electrons. The van der Waals surface area contributed by atoms with Crippen LogP contribution in [0.2, 0.25) is 18.1 Å². The molecule has 0 fully saturated rings. The van der Waals surface area contributed by atoms with Crippen LogP contribution in [0.1, 0.15) is 53.2 Å². The van der Waals surface area contributed by atoms with E-state index in [0.29, 0.717) is 23.0 Å². The largest absolute Gasteiger partial charge is 0.443 e. The molecule has 1 unspecified atom stereocenters. The van der Waals surface area contributed by atoms with Crippen LogP contribution in [0.3, 0.4) is 0 Å². The quantitative estimate of drug-likeness (QED) is 0.324. The van der Waals surface area contributed by atoms with Gasteiger partial charge in [-0.15, -0.1) is 0 Å². The molecular formula is C22H39FN2O6SSi. The van der Waals surface area contributed by atoms with Crippen molar-refractivity contribution in [3.05, 3.63) is 29.6 Å². The molecule has 2 N–H and O–H groups in total. The van der Waals surface area contributed by atoms with E-state index in [1.54, 1.807) is 20.8 Å². The zero-order valence-electron chi connectivity index (χ0n) is 20.8. The van der Waals surface area contributed by atoms with Gasteiger partial charge in [-0.1, -0.05) is 26.8 Å². The minimum absolute atomic E-state index is 0.0558. The first kappa shape index (κ1) is 29.5. The topological polar surface area (TPSA) is 105 Å². The monoisotopic (exact) mass is 506 g/mol. The molecule has 1 rings (SSSR count). The number of aliphatic hydroxyl groups is 1. The maximum absolute atomic E-state index is 14.9. The van der Waals surface area contributed by atoms with Gasteiger partial charge < -0.3 is 19.6 Å². The van der Waals surface area contributed by atoms with Gasteiger partial charge >= 0.3 is 6.09 Å². The number of halogens is 1. The molecule has 0 aromatic heterocycles. The van der Waals surface area contributed by atoms with Crippen molar-refractivity contribution < 1.29 is 31.9 Å². The zero-order valence-corrected chi connectivity index (χ0v) is 22.6. The second kappa shape index (κ2) is 12.3. The van der Waals surface area contributed by atoms with E-state index in [-0.39, 0.29) is 6.61 Å². The van der Waals surface area contributed by atoms with Crippen molar-refractivity contribution in [2.45, 2.75) is 71.4 Å². The summed E-state index contributed by atoms with van der Waals surface area (Å²) in [5, 5.41) is 12.3. The van der Waals surface area contributed by atoms with Crippen LogP contribution in [0, 0.1) is 5.82 Å². The number of hydrogen-bond donors (Lipinski definition) is 2. The first-order chi connectivity index (χ1) is 15.2. The van der Waals surface area contributed by atoms with Gasteiger partial charge in [0.25, 0.3) is 0 Å². The van der Waals surface area contributed by atoms with E-state index in [1.807, 2.05) is 0 Å². The second-order valence-corrected chi connectivity index (χ2v) is 15.6. The van der Waals surface area contributed by atoms with Crippen LogP contribution in [-0.4, -0.2) is 59.5 Å². The fourth-order valence-electron chi connectivity index (χ4n) is 3.44. The highest BCUT2D eigenvalue weighted by molar-refractivity contribution is 7.92. The smallest absolute Gasteiger partial charge is 0.428 e. The number of nitrogens with zero attached hydrogens (tertiary/aromatic N) is 1. The first-order valence-corrected chi connectivity index (χ1v) is 15.6. The number of carbonyl (C=O) groups excluding carboxylic acids is 1. The van der Waals surface area contributed by atoms with Crippen LogP contribution in [0.5, 0.6) is 0 Å². The van der Waals surface area contributed by atoms with Crippen molar-refractivity contribution >= 4 is 30.1 Å². The fourth-order valence-corrected chi connectivity index (χ4v) is 7.07. The summed E-state index contributed by atoms with van der Waals surface area (Å²) >= 11 is 0. The molecule has 11 heteroatoms. The van der Waals surface area contributed by atoms with E-state index in [2.05, 4.69) is 26.1 Å². The van der Waals surface area contributed by atoms with Crippen LogP contribution in [0.4, 0.5) is 14.9 Å². The average Bonchev–Trinajstić information content (AvgIpc) is 2.70. The van der Waals surface area contributed by atoms with Crippen molar-refractivity contribution in [3.8, 4) is 0 Å². The lowest BCUT2D eigenvalue weighted by atomic mass is 10.1. The summed E-state index contributed by atoms with van der Waals surface area (Å²) in [7, 11) is -6.28. The van der Waals surface area contributed by atoms with Crippen LogP contribution < -0.4 is 9.62 Å². The molecule has 0 radical (unpaired) electrons. The van der Waals surface area contributed by atoms with E-state index in [1.165, 1.54) is 12.1 Å². The van der Waals surface area contributed by atoms with E-state index < -0.39 is 47.6 Å². The molecule has 0 spiro atoms. The Morgan fingerprint density at radius 1 is 1.21 bits per heavy atom. The summed E-state index contributed by atoms with van der Waals surface area (Å²) in [6.07, 6.45) is -0.873. The Kier molecular flexibility index (Phi) is 11.0. The third-order valence-corrected chi connectivity index (χ3v) is 11.1. The first-order valence-electron chi connectivity index (χ1n) is 11.3. The van der Waals surface area contributed by atoms with Crippen LogP contribution in [0.15, 0.2) is 18.2 Å². The molecule has 1 atom stereocenters. The van der Waals surface area contributed by atoms with Crippen LogP contribution in [0.25, 0.3) is 0 Å². The summed E-state index contributed by atoms with van der Waals surface area (Å²) in [6, 6.07) is 6.64. The highest BCUT2D eigenvalue weighted by Gasteiger charge is 2.35. The molecule has 0 aliphatic carbocycles. The lowest BCUT2D eigenvalue weighted by Crippen LogP contribution is -2.41. The predicted molar refractivity (Wildman–Crippen MR) is 131 cm³/mol. The number of amides is 1. The molecule has 0 saturated carbocycles. The number of rotatable bonds is 12. The molecule has 0 saturated heterocycles. The molecule has 8 nitrogen and oxygen atoms in total. The molecule has 1 amide bonds. The third kappa shape index (κ3) is 8.64. The van der Waals surface area contributed by atoms with E-state index in [0.717, 1.165) is 30.5 Å². The summed E-state index contributed by atoms with van der Waals surface area (Å²) in [4.78, 5) is 12.7. The van der Waals surface area contributed by atoms with Gasteiger partial charge in [-0.25, -0.2) is 17.6 Å². The van der Waals surface area contributed by atoms with Gasteiger partial charge in [0, 0.05) is 13.1 Å². The average molecular weight is 507 g/mol. The third-order valence-electron chi connectivity index (χ3n) is 5.40. The van der Waals surface area contributed by atoms with Gasteiger partial charge in [-0.05, 0) is 56.6 Å². The number of anilines is 1. The maximum Gasteiger partial charge on any atom is 0.428 e. The Morgan fingerprint density at radius 2 is 1.79 bits per heavy atom. The number of ether oxygens (including phenoxy) is 1. The Balaban J connectivity index is 3.53. The molecule has 1 aromatic carbocycles. The predicted octanol–water partition coefficient (Wildman–Crippen LogP) is 4.17. The van der Waals surface area contributed by atoms with Crippen molar-refractivity contribution in [2.24, 2.45) is 0 Å². The number of aliphatic hydroxyl groups excluding tert-OH is 1. The molecule has 0 heterocycles. The molecule has 0 aliphatic rings. The maximum atomic E-state index is 14.9. The summed E-state index contributed by atoms with van der Waals surface area (Å²) < 4.78 is 52.0. The molecule has 33 heavy (non-hydrogen) atoms. The van der Waals surface area contributed by atoms with E-state index in [9.17, 15) is 17.6 Å². The summed E-state index contributed by atoms with van der Waals surface area (Å²) in [6.45, 7) is 11.7. The van der Waals surface area contributed by atoms with Gasteiger partial charge in [0.05, 0.1) is 24.7 Å². The number of carbonyl (C=O) groups is 1. The highest BCUT2D eigenvalue weighted by atomic mass is 32.2. The normalized spacial score (nSPS) is 13.6. The Morgan fingerprint density at radius 3 is 2.24 bits per heavy atom. The van der Waals surface area contributed by atoms with Gasteiger partial charge in [-0.2, -0.15) is 4.31 Å². The Bertz CT molecular complexity index is 879. The van der Waals surface area contributed by atoms with Gasteiger partial charge in [-0.3, -0.25) is 0 Å². The van der Waals surface area contributed by atoms with Crippen LogP contribution >= 0.6 is 0 Å². The molecular weight excluding hydrogens is 467 g/mol. The minimum Gasteiger partial charge on any atom is -0.443 e. The van der Waals surface area contributed by atoms with E-state index in [4.69, 9.17) is 14.3 Å². The molecule has 0 bridgehead atoms. The highest BCUT2D eigenvalue weighted by Crippen LogP contribution is 2.33. The van der Waals surface area contributed by atoms with Crippen molar-refractivity contribution in [2.75, 3.05) is 30.3 Å². The lowest BCUT2D eigenvalue weighted by molar-refractivity contribution is 0.0608. The number of benzene rings is 1. The van der Waals surface area contributed by atoms with E-state index >= 15 is 0 Å². The molecule has 1 aromatic rings. The number of nitrogens with one attached hydrogen (secondary N) is 1. The van der Waals surface area contributed by atoms with Crippen LogP contribution in [-0.2, 0) is 19.2 Å². The van der Waals surface area contributed by atoms with Gasteiger partial charge in [0.15, 0.2) is 8.32 Å². The van der Waals surface area contributed by atoms with Gasteiger partial charge in [0.1, 0.15) is 11.4 Å². The van der Waals surface area contributed by atoms with Gasteiger partial charge in [0.2, 0.25) is 10.0 Å². The summed E-state index contributed by atoms with van der Waals surface area (Å²) in [5.41, 5.74) is -0.860. The lowest BCUT2D eigenvalue weighted by Gasteiger charge is -2.34. The van der Waals surface area contributed by atoms with Crippen molar-refractivity contribution in [1.29, 1.82) is 0 Å².